The Morgan fingerprint density at radius 3 is 2.47 bits per heavy atom. The first kappa shape index (κ1) is 11.6. The molecule has 1 aromatic heterocycles. The topological polar surface area (TPSA) is 62.6 Å². The molecule has 4 nitrogen and oxygen atoms in total. The van der Waals surface area contributed by atoms with Crippen LogP contribution < -0.4 is 10.2 Å². The Hall–Kier alpha value is -1.92. The average Bonchev–Trinajstić information content (AvgIpc) is 2.33. The first-order valence-corrected chi connectivity index (χ1v) is 4.91. The number of pyridine rings is 1. The van der Waals surface area contributed by atoms with Crippen LogP contribution in [-0.2, 0) is 0 Å². The van der Waals surface area contributed by atoms with Gasteiger partial charge in [-0.05, 0) is 12.1 Å². The summed E-state index contributed by atoms with van der Waals surface area (Å²) in [5.74, 6) is -0.239. The highest BCUT2D eigenvalue weighted by atomic mass is 19.1. The van der Waals surface area contributed by atoms with Crippen LogP contribution in [0, 0.1) is 5.82 Å². The van der Waals surface area contributed by atoms with Gasteiger partial charge in [-0.2, -0.15) is 0 Å². The van der Waals surface area contributed by atoms with Crippen molar-refractivity contribution in [3.63, 3.8) is 0 Å². The molecule has 0 bridgehead atoms. The van der Waals surface area contributed by atoms with Crippen molar-refractivity contribution in [2.24, 2.45) is 0 Å². The van der Waals surface area contributed by atoms with Crippen molar-refractivity contribution >= 4 is 12.6 Å². The van der Waals surface area contributed by atoms with Gasteiger partial charge >= 0.3 is 7.12 Å². The van der Waals surface area contributed by atoms with E-state index >= 15 is 0 Å². The van der Waals surface area contributed by atoms with Crippen molar-refractivity contribution in [3.05, 3.63) is 48.4 Å². The zero-order valence-electron chi connectivity index (χ0n) is 8.75. The molecule has 0 aliphatic carbocycles. The van der Waals surface area contributed by atoms with Crippen LogP contribution in [0.25, 0.3) is 0 Å². The fraction of sp³-hybridized carbons (Fsp3) is 0. The summed E-state index contributed by atoms with van der Waals surface area (Å²) in [4.78, 5) is 3.83. The lowest BCUT2D eigenvalue weighted by atomic mass is 9.82. The fourth-order valence-corrected chi connectivity index (χ4v) is 1.25. The number of rotatable bonds is 3. The normalized spacial score (nSPS) is 10.1. The molecule has 6 heteroatoms. The first-order chi connectivity index (χ1) is 8.16. The Labute approximate surface area is 97.5 Å². The average molecular weight is 233 g/mol. The smallest absolute Gasteiger partial charge is 0.436 e. The summed E-state index contributed by atoms with van der Waals surface area (Å²) in [6, 6.07) is 8.83. The molecule has 0 aliphatic rings. The van der Waals surface area contributed by atoms with Crippen molar-refractivity contribution in [1.29, 1.82) is 0 Å². The lowest BCUT2D eigenvalue weighted by molar-refractivity contribution is 0.422. The molecule has 0 saturated heterocycles. The van der Waals surface area contributed by atoms with Gasteiger partial charge in [0.25, 0.3) is 0 Å². The van der Waals surface area contributed by atoms with Crippen molar-refractivity contribution in [3.8, 4) is 11.6 Å². The predicted octanol–water partition coefficient (Wildman–Crippen LogP) is 0.693. The zero-order chi connectivity index (χ0) is 12.3. The fourth-order valence-electron chi connectivity index (χ4n) is 1.25. The number of halogens is 1. The van der Waals surface area contributed by atoms with Crippen molar-refractivity contribution in [2.75, 3.05) is 0 Å². The van der Waals surface area contributed by atoms with Crippen LogP contribution in [0.15, 0.2) is 42.6 Å². The maximum absolute atomic E-state index is 13.3. The molecule has 17 heavy (non-hydrogen) atoms. The van der Waals surface area contributed by atoms with Crippen LogP contribution in [0.1, 0.15) is 0 Å². The number of ether oxygens (including phenoxy) is 1. The summed E-state index contributed by atoms with van der Waals surface area (Å²) in [7, 11) is -1.58. The predicted molar refractivity (Wildman–Crippen MR) is 60.5 cm³/mol. The Morgan fingerprint density at radius 2 is 1.88 bits per heavy atom. The number of nitrogens with zero attached hydrogens (tertiary/aromatic N) is 1. The van der Waals surface area contributed by atoms with E-state index in [-0.39, 0.29) is 17.1 Å². The molecule has 0 unspecified atom stereocenters. The molecular formula is C11H9BFNO3. The summed E-state index contributed by atoms with van der Waals surface area (Å²) in [5, 5.41) is 17.7. The van der Waals surface area contributed by atoms with E-state index in [4.69, 9.17) is 14.8 Å². The Morgan fingerprint density at radius 1 is 1.12 bits per heavy atom. The third kappa shape index (κ3) is 2.80. The molecular weight excluding hydrogens is 224 g/mol. The minimum absolute atomic E-state index is 0.0669. The number of para-hydroxylation sites is 1. The molecule has 2 N–H and O–H groups in total. The zero-order valence-corrected chi connectivity index (χ0v) is 8.75. The largest absolute Gasteiger partial charge is 0.490 e. The summed E-state index contributed by atoms with van der Waals surface area (Å²) < 4.78 is 18.4. The maximum atomic E-state index is 13.3. The van der Waals surface area contributed by atoms with Gasteiger partial charge in [0.15, 0.2) is 11.6 Å². The second kappa shape index (κ2) is 4.94. The van der Waals surface area contributed by atoms with Gasteiger partial charge in [0.2, 0.25) is 5.88 Å². The van der Waals surface area contributed by atoms with Crippen LogP contribution in [0.4, 0.5) is 4.39 Å². The van der Waals surface area contributed by atoms with Crippen LogP contribution in [-0.4, -0.2) is 22.2 Å². The van der Waals surface area contributed by atoms with Crippen LogP contribution in [0.3, 0.4) is 0 Å². The summed E-state index contributed by atoms with van der Waals surface area (Å²) in [5.41, 5.74) is 0.242. The van der Waals surface area contributed by atoms with Gasteiger partial charge in [-0.1, -0.05) is 18.2 Å². The van der Waals surface area contributed by atoms with E-state index in [0.29, 0.717) is 0 Å². The van der Waals surface area contributed by atoms with Gasteiger partial charge in [-0.3, -0.25) is 0 Å². The minimum Gasteiger partial charge on any atom is -0.436 e. The lowest BCUT2D eigenvalue weighted by Crippen LogP contribution is -2.29. The van der Waals surface area contributed by atoms with E-state index in [9.17, 15) is 4.39 Å². The second-order valence-electron chi connectivity index (χ2n) is 3.34. The van der Waals surface area contributed by atoms with E-state index in [2.05, 4.69) is 4.98 Å². The lowest BCUT2D eigenvalue weighted by Gasteiger charge is -2.06. The first-order valence-electron chi connectivity index (χ1n) is 4.91. The van der Waals surface area contributed by atoms with Gasteiger partial charge in [-0.25, -0.2) is 9.37 Å². The van der Waals surface area contributed by atoms with E-state index in [1.807, 2.05) is 0 Å². The third-order valence-electron chi connectivity index (χ3n) is 2.11. The highest BCUT2D eigenvalue weighted by Crippen LogP contribution is 2.21. The monoisotopic (exact) mass is 233 g/mol. The molecule has 0 amide bonds. The van der Waals surface area contributed by atoms with Crippen LogP contribution >= 0.6 is 0 Å². The van der Waals surface area contributed by atoms with Gasteiger partial charge in [0, 0.05) is 17.7 Å². The van der Waals surface area contributed by atoms with Crippen LogP contribution in [0.2, 0.25) is 0 Å². The molecule has 0 spiro atoms. The highest BCUT2D eigenvalue weighted by Gasteiger charge is 2.11. The molecule has 2 aromatic rings. The summed E-state index contributed by atoms with van der Waals surface area (Å²) >= 11 is 0. The van der Waals surface area contributed by atoms with Gasteiger partial charge in [-0.15, -0.1) is 0 Å². The van der Waals surface area contributed by atoms with Gasteiger partial charge in [0.1, 0.15) is 0 Å². The maximum Gasteiger partial charge on any atom is 0.490 e. The van der Waals surface area contributed by atoms with Crippen molar-refractivity contribution < 1.29 is 19.2 Å². The SMILES string of the molecule is OB(O)c1ccc(Oc2ccccc2F)nc1. The Bertz CT molecular complexity index is 504. The third-order valence-corrected chi connectivity index (χ3v) is 2.11. The van der Waals surface area contributed by atoms with E-state index in [1.54, 1.807) is 12.1 Å². The molecule has 0 atom stereocenters. The van der Waals surface area contributed by atoms with Gasteiger partial charge in [0.05, 0.1) is 0 Å². The van der Waals surface area contributed by atoms with E-state index in [1.165, 1.54) is 30.5 Å². The standard InChI is InChI=1S/C11H9BFNO3/c13-9-3-1-2-4-10(9)17-11-6-5-8(7-14-11)12(15)16/h1-7,15-16H. The molecule has 2 rings (SSSR count). The summed E-state index contributed by atoms with van der Waals surface area (Å²) in [6.07, 6.45) is 1.25. The highest BCUT2D eigenvalue weighted by molar-refractivity contribution is 6.58. The molecule has 0 fully saturated rings. The van der Waals surface area contributed by atoms with E-state index in [0.717, 1.165) is 0 Å². The Balaban J connectivity index is 2.17. The summed E-state index contributed by atoms with van der Waals surface area (Å²) in [6.45, 7) is 0. The van der Waals surface area contributed by atoms with Crippen molar-refractivity contribution in [2.45, 2.75) is 0 Å². The molecule has 86 valence electrons. The quantitative estimate of drug-likeness (QED) is 0.765. The second-order valence-corrected chi connectivity index (χ2v) is 3.34. The van der Waals surface area contributed by atoms with Crippen LogP contribution in [0.5, 0.6) is 11.6 Å². The van der Waals surface area contributed by atoms with E-state index < -0.39 is 12.9 Å². The molecule has 0 saturated carbocycles. The molecule has 1 aromatic carbocycles. The number of hydrogen-bond acceptors (Lipinski definition) is 4. The molecule has 1 heterocycles. The molecule has 0 radical (unpaired) electrons. The van der Waals surface area contributed by atoms with Crippen molar-refractivity contribution in [1.82, 2.24) is 4.98 Å². The number of benzene rings is 1. The number of hydrogen-bond donors (Lipinski definition) is 2. The Kier molecular flexibility index (Phi) is 3.36. The van der Waals surface area contributed by atoms with Gasteiger partial charge < -0.3 is 14.8 Å². The minimum atomic E-state index is -1.58. The number of aromatic nitrogens is 1. The molecule has 0 aliphatic heterocycles.